The lowest BCUT2D eigenvalue weighted by Crippen LogP contribution is -2.27. The van der Waals surface area contributed by atoms with Gasteiger partial charge in [0, 0.05) is 40.5 Å². The van der Waals surface area contributed by atoms with Crippen LogP contribution in [0.3, 0.4) is 0 Å². The number of aliphatic carboxylic acids is 1. The summed E-state index contributed by atoms with van der Waals surface area (Å²) in [5, 5.41) is 29.8. The maximum Gasteiger partial charge on any atom is 0.303 e. The number of ether oxygens (including phenoxy) is 1. The fourth-order valence-electron chi connectivity index (χ4n) is 5.36. The lowest BCUT2D eigenvalue weighted by molar-refractivity contribution is -0.137. The molecule has 37 heavy (non-hydrogen) atoms. The smallest absolute Gasteiger partial charge is 0.303 e. The van der Waals surface area contributed by atoms with Gasteiger partial charge in [-0.2, -0.15) is 5.26 Å². The maximum atomic E-state index is 13.5. The Morgan fingerprint density at radius 3 is 2.84 bits per heavy atom. The highest BCUT2D eigenvalue weighted by atomic mass is 16.5. The normalized spacial score (nSPS) is 21.5. The fraction of sp³-hybridized carbons (Fsp3) is 0.393. The number of carboxylic acids is 1. The highest BCUT2D eigenvalue weighted by Crippen LogP contribution is 2.61. The van der Waals surface area contributed by atoms with E-state index in [4.69, 9.17) is 14.3 Å². The quantitative estimate of drug-likeness (QED) is 0.460. The van der Waals surface area contributed by atoms with Gasteiger partial charge in [0.05, 0.1) is 18.2 Å². The number of hydrogen-bond acceptors (Lipinski definition) is 7. The van der Waals surface area contributed by atoms with E-state index in [1.54, 1.807) is 18.2 Å². The minimum absolute atomic E-state index is 0.0421. The van der Waals surface area contributed by atoms with E-state index in [9.17, 15) is 14.9 Å². The van der Waals surface area contributed by atoms with Gasteiger partial charge < -0.3 is 19.6 Å². The average Bonchev–Trinajstić information content (AvgIpc) is 3.82. The number of carboxylic acid groups (broad SMARTS) is 1. The van der Waals surface area contributed by atoms with Crippen LogP contribution in [0.4, 0.5) is 5.69 Å². The van der Waals surface area contributed by atoms with Crippen LogP contribution in [-0.2, 0) is 21.4 Å². The Kier molecular flexibility index (Phi) is 5.67. The largest absolute Gasteiger partial charge is 0.493 e. The number of aryl methyl sites for hydroxylation is 1. The number of carbonyl (C=O) groups excluding carboxylic acids is 1. The molecule has 1 amide bonds. The maximum absolute atomic E-state index is 13.5. The summed E-state index contributed by atoms with van der Waals surface area (Å²) in [6.45, 7) is 0.535. The van der Waals surface area contributed by atoms with Crippen molar-refractivity contribution in [3.05, 3.63) is 59.0 Å². The van der Waals surface area contributed by atoms with Crippen molar-refractivity contribution in [2.75, 3.05) is 11.9 Å². The van der Waals surface area contributed by atoms with Gasteiger partial charge in [-0.15, -0.1) is 10.2 Å². The first-order valence-electron chi connectivity index (χ1n) is 12.6. The molecule has 2 unspecified atom stereocenters. The molecule has 6 rings (SSSR count). The van der Waals surface area contributed by atoms with Crippen molar-refractivity contribution >= 4 is 17.6 Å². The van der Waals surface area contributed by atoms with E-state index in [0.717, 1.165) is 41.7 Å². The van der Waals surface area contributed by atoms with Crippen LogP contribution in [-0.4, -0.2) is 33.8 Å². The molecular weight excluding hydrogens is 472 g/mol. The number of nitrogens with one attached hydrogen (secondary N) is 1. The molecule has 1 aliphatic heterocycles. The molecule has 2 fully saturated rings. The molecule has 3 aromatic rings. The number of rotatable bonds is 8. The number of aromatic nitrogens is 2. The van der Waals surface area contributed by atoms with Gasteiger partial charge in [-0.1, -0.05) is 6.07 Å². The topological polar surface area (TPSA) is 138 Å². The zero-order chi connectivity index (χ0) is 25.6. The van der Waals surface area contributed by atoms with E-state index in [2.05, 4.69) is 21.6 Å². The van der Waals surface area contributed by atoms with Crippen LogP contribution in [0, 0.1) is 17.2 Å². The number of fused-ring (bicyclic) bond motifs is 2. The van der Waals surface area contributed by atoms with Gasteiger partial charge >= 0.3 is 5.97 Å². The first-order chi connectivity index (χ1) is 18.0. The Hall–Kier alpha value is -4.19. The lowest BCUT2D eigenvalue weighted by atomic mass is 9.86. The molecule has 9 heteroatoms. The Morgan fingerprint density at radius 2 is 2.05 bits per heavy atom. The number of amides is 1. The molecule has 1 spiro atoms. The van der Waals surface area contributed by atoms with Crippen molar-refractivity contribution < 1.29 is 23.8 Å². The van der Waals surface area contributed by atoms with Gasteiger partial charge in [0.1, 0.15) is 5.75 Å². The predicted molar refractivity (Wildman–Crippen MR) is 132 cm³/mol. The van der Waals surface area contributed by atoms with Crippen molar-refractivity contribution in [2.45, 2.75) is 56.3 Å². The van der Waals surface area contributed by atoms with Crippen molar-refractivity contribution in [2.24, 2.45) is 5.92 Å². The van der Waals surface area contributed by atoms with Crippen molar-refractivity contribution in [3.8, 4) is 23.3 Å². The monoisotopic (exact) mass is 498 g/mol. The summed E-state index contributed by atoms with van der Waals surface area (Å²) < 4.78 is 11.8. The first kappa shape index (κ1) is 23.2. The molecule has 188 valence electrons. The van der Waals surface area contributed by atoms with Crippen LogP contribution < -0.4 is 10.1 Å². The Labute approximate surface area is 213 Å². The fourth-order valence-corrected chi connectivity index (χ4v) is 5.36. The Bertz CT molecular complexity index is 1440. The van der Waals surface area contributed by atoms with Crippen LogP contribution in [0.2, 0.25) is 0 Å². The Balaban J connectivity index is 1.23. The zero-order valence-corrected chi connectivity index (χ0v) is 20.2. The third-order valence-electron chi connectivity index (χ3n) is 7.66. The minimum atomic E-state index is -0.860. The number of nitriles is 1. The van der Waals surface area contributed by atoms with Crippen molar-refractivity contribution in [1.82, 2.24) is 10.2 Å². The molecule has 2 saturated carbocycles. The summed E-state index contributed by atoms with van der Waals surface area (Å²) >= 11 is 0. The number of hydrogen-bond donors (Lipinski definition) is 2. The third-order valence-corrected chi connectivity index (χ3v) is 7.66. The first-order valence-corrected chi connectivity index (χ1v) is 12.6. The lowest BCUT2D eigenvalue weighted by Gasteiger charge is -2.27. The molecule has 0 saturated heterocycles. The summed E-state index contributed by atoms with van der Waals surface area (Å²) in [6.07, 6.45) is 4.57. The molecular formula is C28H26N4O5. The second kappa shape index (κ2) is 9.04. The predicted octanol–water partition coefficient (Wildman–Crippen LogP) is 4.57. The van der Waals surface area contributed by atoms with Gasteiger partial charge in [-0.3, -0.25) is 9.59 Å². The van der Waals surface area contributed by atoms with E-state index in [0.29, 0.717) is 54.8 Å². The van der Waals surface area contributed by atoms with E-state index in [1.807, 2.05) is 18.2 Å². The van der Waals surface area contributed by atoms with Gasteiger partial charge in [0.15, 0.2) is 0 Å². The zero-order valence-electron chi connectivity index (χ0n) is 20.2. The summed E-state index contributed by atoms with van der Waals surface area (Å²) in [6, 6.07) is 13.1. The number of anilines is 1. The van der Waals surface area contributed by atoms with Crippen LogP contribution in [0.25, 0.3) is 11.5 Å². The molecule has 0 bridgehead atoms. The Morgan fingerprint density at radius 1 is 1.19 bits per heavy atom. The molecule has 2 aliphatic carbocycles. The van der Waals surface area contributed by atoms with E-state index < -0.39 is 5.97 Å². The molecule has 2 aromatic carbocycles. The summed E-state index contributed by atoms with van der Waals surface area (Å²) in [4.78, 5) is 24.4. The number of benzene rings is 2. The number of carbonyl (C=O) groups is 2. The van der Waals surface area contributed by atoms with Gasteiger partial charge in [0.2, 0.25) is 17.7 Å². The molecule has 2 heterocycles. The van der Waals surface area contributed by atoms with E-state index in [-0.39, 0.29) is 23.7 Å². The average molecular weight is 499 g/mol. The van der Waals surface area contributed by atoms with Crippen molar-refractivity contribution in [1.29, 1.82) is 5.26 Å². The number of nitrogens with zero attached hydrogens (tertiary/aromatic N) is 3. The van der Waals surface area contributed by atoms with Crippen molar-refractivity contribution in [3.63, 3.8) is 0 Å². The van der Waals surface area contributed by atoms with Crippen LogP contribution >= 0.6 is 0 Å². The SMILES string of the molecule is N#Cc1ccc(CCCC(=O)O)c(NC(=O)C2CC23CCOc2ccc(-c4nnc(C5CC5)o4)cc23)c1. The van der Waals surface area contributed by atoms with Crippen LogP contribution in [0.15, 0.2) is 40.8 Å². The van der Waals surface area contributed by atoms with E-state index >= 15 is 0 Å². The summed E-state index contributed by atoms with van der Waals surface area (Å²) in [5.41, 5.74) is 3.29. The van der Waals surface area contributed by atoms with Crippen LogP contribution in [0.1, 0.15) is 67.0 Å². The highest BCUT2D eigenvalue weighted by Gasteiger charge is 2.61. The standard InChI is InChI=1S/C28H26N4O5/c29-15-16-4-5-17(2-1-3-24(33)34)22(12-16)30-25(35)21-14-28(21)10-11-36-23-9-8-19(13-20(23)28)27-32-31-26(37-27)18-6-7-18/h4-5,8-9,12-13,18,21H,1-3,6-7,10-11,14H2,(H,30,35)(H,33,34). The minimum Gasteiger partial charge on any atom is -0.493 e. The van der Waals surface area contributed by atoms with E-state index in [1.165, 1.54) is 0 Å². The molecule has 3 aliphatic rings. The van der Waals surface area contributed by atoms with Gasteiger partial charge in [0.25, 0.3) is 0 Å². The highest BCUT2D eigenvalue weighted by molar-refractivity contribution is 5.97. The third kappa shape index (κ3) is 4.44. The molecule has 1 aromatic heterocycles. The summed E-state index contributed by atoms with van der Waals surface area (Å²) in [5.74, 6) is 1.09. The van der Waals surface area contributed by atoms with Gasteiger partial charge in [-0.25, -0.2) is 0 Å². The molecule has 0 radical (unpaired) electrons. The molecule has 2 atom stereocenters. The second-order valence-corrected chi connectivity index (χ2v) is 10.2. The van der Waals surface area contributed by atoms with Crippen LogP contribution in [0.5, 0.6) is 5.75 Å². The van der Waals surface area contributed by atoms with Gasteiger partial charge in [-0.05, 0) is 74.4 Å². The molecule has 2 N–H and O–H groups in total. The second-order valence-electron chi connectivity index (χ2n) is 10.2. The summed E-state index contributed by atoms with van der Waals surface area (Å²) in [7, 11) is 0. The molecule has 9 nitrogen and oxygen atoms in total.